The summed E-state index contributed by atoms with van der Waals surface area (Å²) in [6.07, 6.45) is 11.2. The molecule has 4 N–H and O–H groups in total. The number of carboxylic acid groups (broad SMARTS) is 2. The Morgan fingerprint density at radius 3 is 2.36 bits per heavy atom. The van der Waals surface area contributed by atoms with Crippen molar-refractivity contribution in [2.24, 2.45) is 39.7 Å². The van der Waals surface area contributed by atoms with Crippen LogP contribution in [0.25, 0.3) is 0 Å². The minimum Gasteiger partial charge on any atom is -0.478 e. The third kappa shape index (κ3) is 5.23. The van der Waals surface area contributed by atoms with Gasteiger partial charge in [-0.1, -0.05) is 19.0 Å². The summed E-state index contributed by atoms with van der Waals surface area (Å²) in [5, 5.41) is 34.5. The van der Waals surface area contributed by atoms with Crippen molar-refractivity contribution in [2.45, 2.75) is 82.1 Å². The molecule has 2 unspecified atom stereocenters. The Morgan fingerprint density at radius 1 is 1.03 bits per heavy atom. The molecule has 5 fully saturated rings. The number of hydrogen-bond donors (Lipinski definition) is 4. The van der Waals surface area contributed by atoms with Gasteiger partial charge in [0.2, 0.25) is 0 Å². The second-order valence-corrected chi connectivity index (χ2v) is 13.4. The molecule has 5 aliphatic rings. The van der Waals surface area contributed by atoms with Crippen LogP contribution in [0.4, 0.5) is 0 Å². The summed E-state index contributed by atoms with van der Waals surface area (Å²) in [6.45, 7) is 7.05. The molecule has 5 rings (SSSR count). The first-order valence-corrected chi connectivity index (χ1v) is 14.3. The van der Waals surface area contributed by atoms with E-state index < -0.39 is 11.9 Å². The summed E-state index contributed by atoms with van der Waals surface area (Å²) in [5.74, 6) is 0.160. The van der Waals surface area contributed by atoms with Gasteiger partial charge >= 0.3 is 11.9 Å². The number of nitrogens with zero attached hydrogens (tertiary/aromatic N) is 1. The third-order valence-electron chi connectivity index (χ3n) is 10.0. The second-order valence-electron chi connectivity index (χ2n) is 11.8. The van der Waals surface area contributed by atoms with Gasteiger partial charge in [-0.3, -0.25) is 4.79 Å². The van der Waals surface area contributed by atoms with E-state index >= 15 is 0 Å². The van der Waals surface area contributed by atoms with Crippen molar-refractivity contribution in [3.05, 3.63) is 12.2 Å². The fourth-order valence-electron chi connectivity index (χ4n) is 8.20. The van der Waals surface area contributed by atoms with Gasteiger partial charge in [0, 0.05) is 47.0 Å². The molecule has 200 valence electrons. The number of Topliss-reactive ketones (excluding diaryl/α,β-unsaturated/α-hetero) is 1. The van der Waals surface area contributed by atoms with E-state index in [0.29, 0.717) is 46.9 Å². The average molecular weight is 521 g/mol. The smallest absolute Gasteiger partial charge is 0.328 e. The van der Waals surface area contributed by atoms with Crippen LogP contribution < -0.4 is 5.32 Å². The Hall–Kier alpha value is -1.87. The summed E-state index contributed by atoms with van der Waals surface area (Å²) in [7, 11) is 0. The van der Waals surface area contributed by atoms with Crippen molar-refractivity contribution >= 4 is 35.2 Å². The Bertz CT molecular complexity index is 915. The molecule has 0 radical (unpaired) electrons. The lowest BCUT2D eigenvalue weighted by molar-refractivity contribution is -0.134. The van der Waals surface area contributed by atoms with Crippen molar-refractivity contribution in [1.82, 2.24) is 5.32 Å². The highest BCUT2D eigenvalue weighted by molar-refractivity contribution is 8.00. The number of fused-ring (bicyclic) bond motifs is 5. The zero-order chi connectivity index (χ0) is 26.1. The molecule has 8 atom stereocenters. The highest BCUT2D eigenvalue weighted by atomic mass is 32.2. The molecule has 0 aromatic heterocycles. The minimum absolute atomic E-state index is 0.104. The van der Waals surface area contributed by atoms with Crippen molar-refractivity contribution in [3.8, 4) is 0 Å². The van der Waals surface area contributed by atoms with Gasteiger partial charge in [0.1, 0.15) is 5.78 Å². The zero-order valence-corrected chi connectivity index (χ0v) is 22.1. The normalized spacial score (nSPS) is 42.8. The standard InChI is InChI=1S/C23H36N2O2S.C4H4O4/c1-22-8-5-14(28-15-7-10-24-13-15)11-19(22)20(25-27)12-16-17-3-4-21(26)23(17,2)9-6-18(16)22;5-3(6)1-2-4(7)8/h14-19,24,27H,3-13H2,1-2H3;1-2H,(H,5,6)(H,7,8)/b25-20+;2-1+/t14-,15?,16+,17+,18+,19?,22-,23+;/m1./s1. The molecule has 0 aromatic carbocycles. The molecule has 8 nitrogen and oxygen atoms in total. The van der Waals surface area contributed by atoms with E-state index in [0.717, 1.165) is 49.7 Å². The summed E-state index contributed by atoms with van der Waals surface area (Å²) >= 11 is 2.20. The predicted octanol–water partition coefficient (Wildman–Crippen LogP) is 4.21. The minimum atomic E-state index is -1.26. The van der Waals surface area contributed by atoms with Crippen LogP contribution in [0.3, 0.4) is 0 Å². The molecule has 0 bridgehead atoms. The van der Waals surface area contributed by atoms with Crippen LogP contribution >= 0.6 is 11.8 Å². The maximum absolute atomic E-state index is 12.6. The lowest BCUT2D eigenvalue weighted by Crippen LogP contribution is -2.57. The van der Waals surface area contributed by atoms with Gasteiger partial charge < -0.3 is 20.7 Å². The summed E-state index contributed by atoms with van der Waals surface area (Å²) in [4.78, 5) is 31.7. The van der Waals surface area contributed by atoms with E-state index in [1.165, 1.54) is 32.1 Å². The lowest BCUT2D eigenvalue weighted by Gasteiger charge is -2.60. The molecular weight excluding hydrogens is 480 g/mol. The molecule has 1 heterocycles. The van der Waals surface area contributed by atoms with E-state index in [4.69, 9.17) is 10.2 Å². The van der Waals surface area contributed by atoms with E-state index in [-0.39, 0.29) is 10.8 Å². The van der Waals surface area contributed by atoms with Crippen molar-refractivity contribution in [1.29, 1.82) is 0 Å². The highest BCUT2D eigenvalue weighted by Crippen LogP contribution is 2.65. The van der Waals surface area contributed by atoms with Gasteiger partial charge in [0.25, 0.3) is 0 Å². The molecule has 9 heteroatoms. The molecular formula is C27H40N2O6S. The van der Waals surface area contributed by atoms with Crippen molar-refractivity contribution < 1.29 is 29.8 Å². The van der Waals surface area contributed by atoms with E-state index in [1.807, 2.05) is 0 Å². The molecule has 4 aliphatic carbocycles. The number of carbonyl (C=O) groups excluding carboxylic acids is 1. The number of rotatable bonds is 4. The van der Waals surface area contributed by atoms with Crippen LogP contribution in [-0.2, 0) is 14.4 Å². The van der Waals surface area contributed by atoms with Crippen molar-refractivity contribution in [2.75, 3.05) is 13.1 Å². The topological polar surface area (TPSA) is 136 Å². The fourth-order valence-corrected chi connectivity index (χ4v) is 9.77. The van der Waals surface area contributed by atoms with Crippen LogP contribution in [0, 0.1) is 34.5 Å². The first kappa shape index (κ1) is 27.2. The number of aliphatic carboxylic acids is 2. The van der Waals surface area contributed by atoms with Gasteiger partial charge in [-0.15, -0.1) is 0 Å². The van der Waals surface area contributed by atoms with Crippen LogP contribution in [0.5, 0.6) is 0 Å². The van der Waals surface area contributed by atoms with E-state index in [2.05, 4.69) is 36.1 Å². The van der Waals surface area contributed by atoms with Crippen LogP contribution in [-0.4, -0.2) is 62.4 Å². The average Bonchev–Trinajstić information content (AvgIpc) is 3.45. The van der Waals surface area contributed by atoms with Gasteiger partial charge in [0.05, 0.1) is 5.71 Å². The van der Waals surface area contributed by atoms with Crippen LogP contribution in [0.1, 0.15) is 71.6 Å². The number of carbonyl (C=O) groups is 3. The number of carboxylic acids is 2. The lowest BCUT2D eigenvalue weighted by atomic mass is 9.45. The molecule has 0 spiro atoms. The number of nitrogens with one attached hydrogen (secondary N) is 1. The van der Waals surface area contributed by atoms with Crippen molar-refractivity contribution in [3.63, 3.8) is 0 Å². The third-order valence-corrected chi connectivity index (χ3v) is 11.6. The highest BCUT2D eigenvalue weighted by Gasteiger charge is 2.61. The zero-order valence-electron chi connectivity index (χ0n) is 21.3. The maximum Gasteiger partial charge on any atom is 0.328 e. The Labute approximate surface area is 217 Å². The number of oxime groups is 1. The molecule has 36 heavy (non-hydrogen) atoms. The summed E-state index contributed by atoms with van der Waals surface area (Å²) < 4.78 is 0. The Balaban J connectivity index is 0.000000331. The number of ketones is 1. The molecule has 0 aromatic rings. The molecule has 4 saturated carbocycles. The second kappa shape index (κ2) is 10.9. The van der Waals surface area contributed by atoms with Crippen LogP contribution in [0.2, 0.25) is 0 Å². The maximum atomic E-state index is 12.6. The Kier molecular flexibility index (Phi) is 8.19. The monoisotopic (exact) mass is 520 g/mol. The molecule has 1 saturated heterocycles. The number of hydrogen-bond acceptors (Lipinski definition) is 7. The SMILES string of the molecule is C[C@]12CC[C@@H](SC3CCNC3)CC1/C(=N/O)C[C@@H]1[C@@H]2CC[C@]2(C)C(=O)CC[C@@H]12.O=C(O)/C=C/C(=O)O. The largest absolute Gasteiger partial charge is 0.478 e. The Morgan fingerprint density at radius 2 is 1.75 bits per heavy atom. The van der Waals surface area contributed by atoms with E-state index in [9.17, 15) is 19.6 Å². The first-order valence-electron chi connectivity index (χ1n) is 13.3. The number of thioether (sulfide) groups is 1. The van der Waals surface area contributed by atoms with Gasteiger partial charge in [0.15, 0.2) is 0 Å². The van der Waals surface area contributed by atoms with E-state index in [1.54, 1.807) is 0 Å². The predicted molar refractivity (Wildman–Crippen MR) is 138 cm³/mol. The van der Waals surface area contributed by atoms with Gasteiger partial charge in [-0.05, 0) is 81.1 Å². The van der Waals surface area contributed by atoms with Gasteiger partial charge in [-0.2, -0.15) is 11.8 Å². The quantitative estimate of drug-likeness (QED) is 0.246. The summed E-state index contributed by atoms with van der Waals surface area (Å²) in [5.41, 5.74) is 1.21. The molecule has 0 amide bonds. The first-order chi connectivity index (χ1) is 17.1. The fraction of sp³-hybridized carbons (Fsp3) is 0.778. The van der Waals surface area contributed by atoms with Gasteiger partial charge in [-0.25, -0.2) is 9.59 Å². The molecule has 1 aliphatic heterocycles. The van der Waals surface area contributed by atoms with Crippen LogP contribution in [0.15, 0.2) is 17.3 Å². The summed E-state index contributed by atoms with van der Waals surface area (Å²) in [6, 6.07) is 0.